The Balaban J connectivity index is 1.78. The minimum Gasteiger partial charge on any atom is -0.465 e. The van der Waals surface area contributed by atoms with E-state index in [9.17, 15) is 23.2 Å². The van der Waals surface area contributed by atoms with E-state index in [1.54, 1.807) is 6.92 Å². The molecule has 11 nitrogen and oxygen atoms in total. The topological polar surface area (TPSA) is 148 Å². The average Bonchev–Trinajstić information content (AvgIpc) is 3.14. The van der Waals surface area contributed by atoms with Gasteiger partial charge in [-0.3, -0.25) is 15.4 Å². The number of imide groups is 1. The van der Waals surface area contributed by atoms with Gasteiger partial charge in [-0.15, -0.1) is 5.10 Å². The van der Waals surface area contributed by atoms with Gasteiger partial charge < -0.3 is 9.84 Å². The molecule has 2 aromatic heterocycles. The van der Waals surface area contributed by atoms with Crippen molar-refractivity contribution in [3.05, 3.63) is 59.2 Å². The van der Waals surface area contributed by atoms with Gasteiger partial charge in [0.15, 0.2) is 11.8 Å². The molecule has 0 saturated carbocycles. The number of aryl methyl sites for hydroxylation is 2. The van der Waals surface area contributed by atoms with E-state index in [1.165, 1.54) is 31.3 Å². The zero-order valence-corrected chi connectivity index (χ0v) is 17.4. The number of nitrogens with one attached hydrogen (secondary N) is 2. The van der Waals surface area contributed by atoms with Crippen LogP contribution in [0.2, 0.25) is 0 Å². The number of rotatable bonds is 6. The molecule has 1 aromatic carbocycles. The number of carbonyl (C=O) groups is 3. The molecule has 172 valence electrons. The van der Waals surface area contributed by atoms with Crippen molar-refractivity contribution in [3.8, 4) is 11.4 Å². The minimum atomic E-state index is -1.42. The van der Waals surface area contributed by atoms with E-state index in [0.29, 0.717) is 5.69 Å². The summed E-state index contributed by atoms with van der Waals surface area (Å²) >= 11 is 0. The third-order valence-corrected chi connectivity index (χ3v) is 4.44. The van der Waals surface area contributed by atoms with Gasteiger partial charge in [-0.1, -0.05) is 17.3 Å². The molecule has 33 heavy (non-hydrogen) atoms. The second kappa shape index (κ2) is 9.80. The third-order valence-electron chi connectivity index (χ3n) is 4.44. The molecule has 0 fully saturated rings. The monoisotopic (exact) mass is 460 g/mol. The summed E-state index contributed by atoms with van der Waals surface area (Å²) in [6.07, 6.45) is -3.95. The van der Waals surface area contributed by atoms with Crippen LogP contribution in [0, 0.1) is 12.7 Å². The molecule has 1 atom stereocenters. The van der Waals surface area contributed by atoms with Crippen molar-refractivity contribution >= 4 is 23.8 Å². The van der Waals surface area contributed by atoms with Crippen LogP contribution in [0.15, 0.2) is 36.4 Å². The van der Waals surface area contributed by atoms with Gasteiger partial charge in [0, 0.05) is 7.05 Å². The fourth-order valence-corrected chi connectivity index (χ4v) is 2.93. The zero-order chi connectivity index (χ0) is 24.1. The lowest BCUT2D eigenvalue weighted by Gasteiger charge is -2.15. The lowest BCUT2D eigenvalue weighted by molar-refractivity contribution is 0.0728. The van der Waals surface area contributed by atoms with Gasteiger partial charge in [0.25, 0.3) is 5.91 Å². The van der Waals surface area contributed by atoms with Gasteiger partial charge >= 0.3 is 12.2 Å². The van der Waals surface area contributed by atoms with E-state index in [4.69, 9.17) is 9.84 Å². The highest BCUT2D eigenvalue weighted by atomic mass is 19.1. The Morgan fingerprint density at radius 1 is 1.24 bits per heavy atom. The fourth-order valence-electron chi connectivity index (χ4n) is 2.93. The number of aromatic nitrogens is 4. The van der Waals surface area contributed by atoms with Crippen LogP contribution in [0.25, 0.3) is 11.4 Å². The average molecular weight is 460 g/mol. The van der Waals surface area contributed by atoms with Gasteiger partial charge in [0.1, 0.15) is 18.2 Å². The molecule has 0 aliphatic rings. The molecule has 2 heterocycles. The zero-order valence-electron chi connectivity index (χ0n) is 17.4. The minimum absolute atomic E-state index is 0.0138. The van der Waals surface area contributed by atoms with Crippen LogP contribution in [0.1, 0.15) is 27.8 Å². The van der Waals surface area contributed by atoms with E-state index < -0.39 is 36.7 Å². The van der Waals surface area contributed by atoms with Crippen molar-refractivity contribution in [2.24, 2.45) is 7.05 Å². The molecule has 0 radical (unpaired) electrons. The number of amides is 3. The van der Waals surface area contributed by atoms with Gasteiger partial charge in [-0.2, -0.15) is 0 Å². The van der Waals surface area contributed by atoms with Crippen LogP contribution in [0.4, 0.5) is 24.1 Å². The predicted octanol–water partition coefficient (Wildman–Crippen LogP) is 2.99. The molecule has 3 amide bonds. The van der Waals surface area contributed by atoms with Crippen LogP contribution in [0.5, 0.6) is 0 Å². The van der Waals surface area contributed by atoms with Crippen molar-refractivity contribution in [2.45, 2.75) is 13.0 Å². The summed E-state index contributed by atoms with van der Waals surface area (Å²) in [4.78, 5) is 39.9. The Morgan fingerprint density at radius 3 is 2.64 bits per heavy atom. The molecule has 3 rings (SSSR count). The maximum Gasteiger partial charge on any atom is 0.414 e. The fraction of sp³-hybridized carbons (Fsp3) is 0.200. The first kappa shape index (κ1) is 23.2. The molecule has 3 aromatic rings. The van der Waals surface area contributed by atoms with Crippen LogP contribution in [0.3, 0.4) is 0 Å². The number of carbonyl (C=O) groups excluding carboxylic acids is 2. The summed E-state index contributed by atoms with van der Waals surface area (Å²) in [5.41, 5.74) is 0.681. The van der Waals surface area contributed by atoms with E-state index >= 15 is 0 Å². The molecule has 3 N–H and O–H groups in total. The number of benzene rings is 1. The Hall–Kier alpha value is -4.42. The smallest absolute Gasteiger partial charge is 0.414 e. The van der Waals surface area contributed by atoms with Gasteiger partial charge in [0.2, 0.25) is 0 Å². The summed E-state index contributed by atoms with van der Waals surface area (Å²) in [7, 11) is 1.40. The number of anilines is 1. The first-order valence-electron chi connectivity index (χ1n) is 9.40. The van der Waals surface area contributed by atoms with Crippen molar-refractivity contribution in [3.63, 3.8) is 0 Å². The van der Waals surface area contributed by atoms with E-state index in [1.807, 2.05) is 5.32 Å². The summed E-state index contributed by atoms with van der Waals surface area (Å²) in [5.74, 6) is -1.59. The molecule has 0 unspecified atom stereocenters. The van der Waals surface area contributed by atoms with Crippen molar-refractivity contribution in [2.75, 3.05) is 12.0 Å². The number of alkyl halides is 1. The lowest BCUT2D eigenvalue weighted by Crippen LogP contribution is -2.34. The Kier molecular flexibility index (Phi) is 6.91. The first-order valence-corrected chi connectivity index (χ1v) is 9.40. The highest BCUT2D eigenvalue weighted by molar-refractivity contribution is 6.05. The maximum absolute atomic E-state index is 13.4. The number of ether oxygens (including phenoxy) is 1. The number of hydrogen-bond donors (Lipinski definition) is 3. The van der Waals surface area contributed by atoms with Gasteiger partial charge in [0.05, 0.1) is 17.1 Å². The van der Waals surface area contributed by atoms with Crippen LogP contribution >= 0.6 is 0 Å². The molecule has 0 spiro atoms. The number of carboxylic acid groups (broad SMARTS) is 1. The summed E-state index contributed by atoms with van der Waals surface area (Å²) in [6, 6.07) is 7.72. The third kappa shape index (κ3) is 5.44. The summed E-state index contributed by atoms with van der Waals surface area (Å²) in [5, 5.41) is 20.6. The molecular formula is C20H18F2N6O5. The molecule has 0 aliphatic heterocycles. The number of pyridine rings is 1. The summed E-state index contributed by atoms with van der Waals surface area (Å²) < 4.78 is 32.8. The standard InChI is InChI=1S/C20H18F2N6O5/c1-10-13(24-19(30)31)6-7-14(23-10)16-17(28(2)27-26-16)18(29)25-20(32)33-15(9-21)11-4-3-5-12(22)8-11/h3-8,15,24H,9H2,1-2H3,(H,30,31)(H,25,29,32)/t15-/m1/s1. The highest BCUT2D eigenvalue weighted by Crippen LogP contribution is 2.23. The van der Waals surface area contributed by atoms with Crippen LogP contribution in [-0.4, -0.2) is 49.9 Å². The quantitative estimate of drug-likeness (QED) is 0.508. The Morgan fingerprint density at radius 2 is 2.00 bits per heavy atom. The molecule has 0 aliphatic carbocycles. The van der Waals surface area contributed by atoms with Crippen molar-refractivity contribution < 1.29 is 33.0 Å². The van der Waals surface area contributed by atoms with Crippen LogP contribution < -0.4 is 10.6 Å². The normalized spacial score (nSPS) is 11.5. The van der Waals surface area contributed by atoms with Crippen molar-refractivity contribution in [1.29, 1.82) is 0 Å². The maximum atomic E-state index is 13.4. The second-order valence-corrected chi connectivity index (χ2v) is 6.73. The number of nitrogens with zero attached hydrogens (tertiary/aromatic N) is 4. The van der Waals surface area contributed by atoms with E-state index in [0.717, 1.165) is 16.8 Å². The Labute approximate surface area is 185 Å². The summed E-state index contributed by atoms with van der Waals surface area (Å²) in [6.45, 7) is 0.412. The highest BCUT2D eigenvalue weighted by Gasteiger charge is 2.25. The molecule has 0 saturated heterocycles. The SMILES string of the molecule is Cc1nc(-c2nnn(C)c2C(=O)NC(=O)O[C@H](CF)c2cccc(F)c2)ccc1NC(=O)O. The predicted molar refractivity (Wildman–Crippen MR) is 110 cm³/mol. The van der Waals surface area contributed by atoms with E-state index in [2.05, 4.69) is 20.6 Å². The second-order valence-electron chi connectivity index (χ2n) is 6.73. The van der Waals surface area contributed by atoms with E-state index in [-0.39, 0.29) is 28.3 Å². The van der Waals surface area contributed by atoms with Gasteiger partial charge in [-0.25, -0.2) is 28.0 Å². The number of hydrogen-bond acceptors (Lipinski definition) is 7. The first-order chi connectivity index (χ1) is 15.7. The van der Waals surface area contributed by atoms with Gasteiger partial charge in [-0.05, 0) is 36.8 Å². The van der Waals surface area contributed by atoms with Crippen molar-refractivity contribution in [1.82, 2.24) is 25.3 Å². The number of halogens is 2. The number of alkyl carbamates (subject to hydrolysis) is 1. The molecule has 13 heteroatoms. The largest absolute Gasteiger partial charge is 0.465 e. The Bertz CT molecular complexity index is 1220. The molecular weight excluding hydrogens is 442 g/mol. The molecule has 0 bridgehead atoms. The van der Waals surface area contributed by atoms with Crippen LogP contribution in [-0.2, 0) is 11.8 Å². The lowest BCUT2D eigenvalue weighted by atomic mass is 10.1.